The molecule has 0 unspecified atom stereocenters. The van der Waals surface area contributed by atoms with Crippen molar-refractivity contribution >= 4 is 66.1 Å². The molecule has 0 N–H and O–H groups in total. The molecule has 2 nitrogen and oxygen atoms in total. The summed E-state index contributed by atoms with van der Waals surface area (Å²) in [7, 11) is 0. The number of aromatic nitrogens is 2. The molecule has 0 spiro atoms. The van der Waals surface area contributed by atoms with Crippen LogP contribution in [0.15, 0.2) is 180 Å². The zero-order chi connectivity index (χ0) is 32.1. The molecule has 228 valence electrons. The van der Waals surface area contributed by atoms with E-state index in [1.54, 1.807) is 0 Å². The number of rotatable bonds is 3. The second-order valence-corrected chi connectivity index (χ2v) is 14.0. The highest BCUT2D eigenvalue weighted by Crippen LogP contribution is 2.51. The molecule has 11 rings (SSSR count). The highest BCUT2D eigenvalue weighted by atomic mass is 32.2. The van der Waals surface area contributed by atoms with Crippen molar-refractivity contribution in [3.8, 4) is 33.6 Å². The van der Waals surface area contributed by atoms with Crippen LogP contribution in [0.25, 0.3) is 88.0 Å². The van der Waals surface area contributed by atoms with Gasteiger partial charge in [-0.25, -0.2) is 0 Å². The molecular weight excluding hydrogens is 613 g/mol. The van der Waals surface area contributed by atoms with Crippen molar-refractivity contribution in [2.75, 3.05) is 0 Å². The first-order valence-corrected chi connectivity index (χ1v) is 17.6. The third kappa shape index (κ3) is 3.85. The normalized spacial score (nSPS) is 12.4. The van der Waals surface area contributed by atoms with Crippen molar-refractivity contribution in [1.29, 1.82) is 0 Å². The van der Waals surface area contributed by atoms with Gasteiger partial charge in [0.2, 0.25) is 0 Å². The quantitative estimate of drug-likeness (QED) is 0.187. The van der Waals surface area contributed by atoms with E-state index in [9.17, 15) is 0 Å². The van der Waals surface area contributed by atoms with E-state index in [1.165, 1.54) is 97.8 Å². The van der Waals surface area contributed by atoms with Crippen LogP contribution < -0.4 is 0 Å². The van der Waals surface area contributed by atoms with Crippen molar-refractivity contribution in [1.82, 2.24) is 9.13 Å². The molecule has 1 aliphatic rings. The van der Waals surface area contributed by atoms with Crippen LogP contribution in [0.5, 0.6) is 0 Å². The molecule has 10 aromatic rings. The minimum atomic E-state index is 1.17. The van der Waals surface area contributed by atoms with Gasteiger partial charge in [0.1, 0.15) is 0 Å². The van der Waals surface area contributed by atoms with Crippen molar-refractivity contribution in [2.24, 2.45) is 0 Å². The summed E-state index contributed by atoms with van der Waals surface area (Å²) in [5.74, 6) is 0. The Hall–Kier alpha value is -6.03. The summed E-state index contributed by atoms with van der Waals surface area (Å²) >= 11 is 1.89. The standard InChI is InChI=1S/C46H28N2S/c1-3-12-31(13-4-1)47-39-19-9-7-16-33(39)37-26-29(23-25-40(37)47)30-22-24-35-41(27-30)48(32-14-5-2-6-15-32)42-28-38-34-17-8-10-20-43(34)49-44-21-11-18-36(45(35)42)46(38)44/h1-28H. The molecule has 0 saturated carbocycles. The van der Waals surface area contributed by atoms with E-state index in [1.807, 2.05) is 11.8 Å². The number of benzene rings is 8. The topological polar surface area (TPSA) is 9.86 Å². The molecule has 0 saturated heterocycles. The lowest BCUT2D eigenvalue weighted by molar-refractivity contribution is 1.18. The highest BCUT2D eigenvalue weighted by molar-refractivity contribution is 7.99. The van der Waals surface area contributed by atoms with Crippen molar-refractivity contribution in [3.63, 3.8) is 0 Å². The molecule has 8 aromatic carbocycles. The maximum Gasteiger partial charge on any atom is 0.0553 e. The van der Waals surface area contributed by atoms with Crippen LogP contribution in [-0.2, 0) is 0 Å². The first kappa shape index (κ1) is 27.0. The third-order valence-electron chi connectivity index (χ3n) is 10.3. The van der Waals surface area contributed by atoms with E-state index in [0.29, 0.717) is 0 Å². The van der Waals surface area contributed by atoms with E-state index < -0.39 is 0 Å². The van der Waals surface area contributed by atoms with Crippen LogP contribution in [0.2, 0.25) is 0 Å². The zero-order valence-corrected chi connectivity index (χ0v) is 27.3. The van der Waals surface area contributed by atoms with Gasteiger partial charge in [0.25, 0.3) is 0 Å². The fraction of sp³-hybridized carbons (Fsp3) is 0. The molecule has 3 heterocycles. The molecule has 0 radical (unpaired) electrons. The number of fused-ring (bicyclic) bond motifs is 9. The van der Waals surface area contributed by atoms with E-state index in [2.05, 4.69) is 179 Å². The van der Waals surface area contributed by atoms with Crippen LogP contribution in [-0.4, -0.2) is 9.13 Å². The van der Waals surface area contributed by atoms with Gasteiger partial charge in [-0.3, -0.25) is 0 Å². The van der Waals surface area contributed by atoms with Gasteiger partial charge in [-0.15, -0.1) is 0 Å². The number of hydrogen-bond acceptors (Lipinski definition) is 1. The Morgan fingerprint density at radius 2 is 0.959 bits per heavy atom. The number of hydrogen-bond donors (Lipinski definition) is 0. The summed E-state index contributed by atoms with van der Waals surface area (Å²) in [6.45, 7) is 0. The van der Waals surface area contributed by atoms with Crippen molar-refractivity contribution < 1.29 is 0 Å². The molecule has 0 atom stereocenters. The minimum Gasteiger partial charge on any atom is -0.309 e. The van der Waals surface area contributed by atoms with E-state index in [4.69, 9.17) is 0 Å². The van der Waals surface area contributed by atoms with Gasteiger partial charge in [-0.05, 0) is 94.4 Å². The van der Waals surface area contributed by atoms with Gasteiger partial charge >= 0.3 is 0 Å². The predicted octanol–water partition coefficient (Wildman–Crippen LogP) is 12.8. The lowest BCUT2D eigenvalue weighted by atomic mass is 9.94. The molecule has 2 aromatic heterocycles. The summed E-state index contributed by atoms with van der Waals surface area (Å²) in [6, 6.07) is 62.4. The fourth-order valence-electron chi connectivity index (χ4n) is 8.19. The lowest BCUT2D eigenvalue weighted by Gasteiger charge is -2.21. The lowest BCUT2D eigenvalue weighted by Crippen LogP contribution is -1.96. The molecule has 0 amide bonds. The second kappa shape index (κ2) is 10.2. The Kier molecular flexibility index (Phi) is 5.63. The van der Waals surface area contributed by atoms with Gasteiger partial charge in [0.05, 0.1) is 22.1 Å². The summed E-state index contributed by atoms with van der Waals surface area (Å²) in [6.07, 6.45) is 0. The Labute approximate surface area is 287 Å². The molecule has 3 heteroatoms. The van der Waals surface area contributed by atoms with Gasteiger partial charge in [0, 0.05) is 48.1 Å². The second-order valence-electron chi connectivity index (χ2n) is 12.9. The summed E-state index contributed by atoms with van der Waals surface area (Å²) < 4.78 is 4.85. The van der Waals surface area contributed by atoms with Gasteiger partial charge in [-0.1, -0.05) is 115 Å². The van der Waals surface area contributed by atoms with Crippen molar-refractivity contribution in [2.45, 2.75) is 9.79 Å². The predicted molar refractivity (Wildman–Crippen MR) is 208 cm³/mol. The van der Waals surface area contributed by atoms with Crippen LogP contribution in [0, 0.1) is 0 Å². The molecule has 0 fully saturated rings. The fourth-order valence-corrected chi connectivity index (χ4v) is 9.33. The molecule has 0 bridgehead atoms. The Bertz CT molecular complexity index is 2950. The first-order chi connectivity index (χ1) is 24.3. The monoisotopic (exact) mass is 640 g/mol. The summed E-state index contributed by atoms with van der Waals surface area (Å²) in [4.78, 5) is 2.64. The first-order valence-electron chi connectivity index (χ1n) is 16.8. The Morgan fingerprint density at radius 3 is 1.80 bits per heavy atom. The van der Waals surface area contributed by atoms with Crippen LogP contribution in [0.3, 0.4) is 0 Å². The molecule has 49 heavy (non-hydrogen) atoms. The Balaban J connectivity index is 1.20. The van der Waals surface area contributed by atoms with Crippen molar-refractivity contribution in [3.05, 3.63) is 170 Å². The highest BCUT2D eigenvalue weighted by Gasteiger charge is 2.24. The number of para-hydroxylation sites is 3. The van der Waals surface area contributed by atoms with E-state index >= 15 is 0 Å². The molecule has 0 aliphatic carbocycles. The van der Waals surface area contributed by atoms with Gasteiger partial charge < -0.3 is 9.13 Å². The largest absolute Gasteiger partial charge is 0.309 e. The van der Waals surface area contributed by atoms with Crippen LogP contribution >= 0.6 is 11.8 Å². The third-order valence-corrected chi connectivity index (χ3v) is 11.4. The van der Waals surface area contributed by atoms with Gasteiger partial charge in [0.15, 0.2) is 0 Å². The minimum absolute atomic E-state index is 1.17. The SMILES string of the molecule is c1ccc(-n2c3ccccc3c3cc(-c4ccc5c6c7cccc8c7c(cc6n(-c6ccccc6)c5c4)-c4ccccc4S8)ccc32)cc1. The Morgan fingerprint density at radius 1 is 0.327 bits per heavy atom. The van der Waals surface area contributed by atoms with Gasteiger partial charge in [-0.2, -0.15) is 0 Å². The maximum absolute atomic E-state index is 2.47. The summed E-state index contributed by atoms with van der Waals surface area (Å²) in [5.41, 5.74) is 12.3. The molecular formula is C46H28N2S. The van der Waals surface area contributed by atoms with Crippen LogP contribution in [0.4, 0.5) is 0 Å². The van der Waals surface area contributed by atoms with E-state index in [-0.39, 0.29) is 0 Å². The van der Waals surface area contributed by atoms with E-state index in [0.717, 1.165) is 0 Å². The maximum atomic E-state index is 2.47. The average molecular weight is 641 g/mol. The molecule has 1 aliphatic heterocycles. The number of nitrogens with zero attached hydrogens (tertiary/aromatic N) is 2. The van der Waals surface area contributed by atoms with Crippen LogP contribution in [0.1, 0.15) is 0 Å². The summed E-state index contributed by atoms with van der Waals surface area (Å²) in [5, 5.41) is 7.79. The zero-order valence-electron chi connectivity index (χ0n) is 26.5. The average Bonchev–Trinajstić information content (AvgIpc) is 3.68. The smallest absolute Gasteiger partial charge is 0.0553 e.